The molecule has 1 aromatic carbocycles. The fourth-order valence-electron chi connectivity index (χ4n) is 2.39. The molecule has 2 aromatic rings. The average Bonchev–Trinajstić information content (AvgIpc) is 2.47. The Bertz CT molecular complexity index is 632. The average molecular weight is 273 g/mol. The SMILES string of the molecule is O=C(O)CC1COCCN1c1ncc2ccccc2n1. The molecule has 1 aromatic heterocycles. The number of rotatable bonds is 3. The lowest BCUT2D eigenvalue weighted by Crippen LogP contribution is -2.47. The van der Waals surface area contributed by atoms with E-state index in [9.17, 15) is 4.79 Å². The number of anilines is 1. The number of aromatic nitrogens is 2. The van der Waals surface area contributed by atoms with Gasteiger partial charge in [-0.05, 0) is 6.07 Å². The molecular formula is C14H15N3O3. The highest BCUT2D eigenvalue weighted by Gasteiger charge is 2.27. The number of carboxylic acids is 1. The van der Waals surface area contributed by atoms with E-state index in [1.807, 2.05) is 29.2 Å². The van der Waals surface area contributed by atoms with Crippen molar-refractivity contribution < 1.29 is 14.6 Å². The molecular weight excluding hydrogens is 258 g/mol. The van der Waals surface area contributed by atoms with Gasteiger partial charge in [0.25, 0.3) is 0 Å². The summed E-state index contributed by atoms with van der Waals surface area (Å²) in [5, 5.41) is 9.95. The van der Waals surface area contributed by atoms with Gasteiger partial charge in [-0.25, -0.2) is 9.97 Å². The van der Waals surface area contributed by atoms with Gasteiger partial charge in [-0.2, -0.15) is 0 Å². The van der Waals surface area contributed by atoms with Crippen LogP contribution in [0.25, 0.3) is 10.9 Å². The Hall–Kier alpha value is -2.21. The first-order valence-corrected chi connectivity index (χ1v) is 6.52. The zero-order valence-electron chi connectivity index (χ0n) is 10.9. The molecule has 1 atom stereocenters. The zero-order valence-corrected chi connectivity index (χ0v) is 10.9. The Morgan fingerprint density at radius 2 is 2.30 bits per heavy atom. The Balaban J connectivity index is 1.92. The van der Waals surface area contributed by atoms with E-state index in [2.05, 4.69) is 9.97 Å². The minimum absolute atomic E-state index is 0.0240. The summed E-state index contributed by atoms with van der Waals surface area (Å²) in [6, 6.07) is 7.52. The molecule has 6 heteroatoms. The van der Waals surface area contributed by atoms with Crippen LogP contribution in [-0.2, 0) is 9.53 Å². The normalized spacial score (nSPS) is 19.2. The van der Waals surface area contributed by atoms with E-state index in [1.165, 1.54) is 0 Å². The van der Waals surface area contributed by atoms with Crippen molar-refractivity contribution in [2.75, 3.05) is 24.7 Å². The van der Waals surface area contributed by atoms with Crippen LogP contribution >= 0.6 is 0 Å². The van der Waals surface area contributed by atoms with Crippen LogP contribution in [0.15, 0.2) is 30.5 Å². The number of carbonyl (C=O) groups is 1. The molecule has 0 saturated carbocycles. The minimum Gasteiger partial charge on any atom is -0.481 e. The molecule has 104 valence electrons. The summed E-state index contributed by atoms with van der Waals surface area (Å²) in [6.07, 6.45) is 1.79. The van der Waals surface area contributed by atoms with Crippen LogP contribution < -0.4 is 4.90 Å². The second kappa shape index (κ2) is 5.42. The number of morpholine rings is 1. The Morgan fingerprint density at radius 3 is 3.15 bits per heavy atom. The monoisotopic (exact) mass is 273 g/mol. The van der Waals surface area contributed by atoms with Crippen molar-refractivity contribution in [1.82, 2.24) is 9.97 Å². The number of ether oxygens (including phenoxy) is 1. The third-order valence-corrected chi connectivity index (χ3v) is 3.37. The maximum atomic E-state index is 10.9. The standard InChI is InChI=1S/C14H15N3O3/c18-13(19)7-11-9-20-6-5-17(11)14-15-8-10-3-1-2-4-12(10)16-14/h1-4,8,11H,5-7,9H2,(H,18,19). The van der Waals surface area contributed by atoms with Gasteiger partial charge >= 0.3 is 5.97 Å². The van der Waals surface area contributed by atoms with Gasteiger partial charge in [0, 0.05) is 18.1 Å². The summed E-state index contributed by atoms with van der Waals surface area (Å²) in [5.41, 5.74) is 0.859. The first-order chi connectivity index (χ1) is 9.74. The van der Waals surface area contributed by atoms with Gasteiger partial charge in [0.1, 0.15) is 0 Å². The summed E-state index contributed by atoms with van der Waals surface area (Å²) in [6.45, 7) is 1.56. The van der Waals surface area contributed by atoms with Crippen LogP contribution in [0.5, 0.6) is 0 Å². The minimum atomic E-state index is -0.841. The topological polar surface area (TPSA) is 75.6 Å². The molecule has 0 bridgehead atoms. The quantitative estimate of drug-likeness (QED) is 0.908. The lowest BCUT2D eigenvalue weighted by molar-refractivity contribution is -0.138. The number of hydrogen-bond donors (Lipinski definition) is 1. The van der Waals surface area contributed by atoms with Gasteiger partial charge in [0.05, 0.1) is 31.2 Å². The van der Waals surface area contributed by atoms with Crippen LogP contribution in [0, 0.1) is 0 Å². The molecule has 1 aliphatic rings. The van der Waals surface area contributed by atoms with Gasteiger partial charge in [0.2, 0.25) is 5.95 Å². The number of benzene rings is 1. The van der Waals surface area contributed by atoms with E-state index in [4.69, 9.17) is 9.84 Å². The highest BCUT2D eigenvalue weighted by atomic mass is 16.5. The molecule has 0 spiro atoms. The number of carboxylic acid groups (broad SMARTS) is 1. The first kappa shape index (κ1) is 12.8. The van der Waals surface area contributed by atoms with E-state index < -0.39 is 5.97 Å². The molecule has 2 heterocycles. The maximum absolute atomic E-state index is 10.9. The predicted octanol–water partition coefficient (Wildman–Crippen LogP) is 1.31. The number of aliphatic carboxylic acids is 1. The highest BCUT2D eigenvalue weighted by Crippen LogP contribution is 2.20. The van der Waals surface area contributed by atoms with Crippen molar-refractivity contribution in [3.8, 4) is 0 Å². The van der Waals surface area contributed by atoms with E-state index in [-0.39, 0.29) is 12.5 Å². The van der Waals surface area contributed by atoms with Crippen LogP contribution in [0.2, 0.25) is 0 Å². The zero-order chi connectivity index (χ0) is 13.9. The van der Waals surface area contributed by atoms with Gasteiger partial charge in [0.15, 0.2) is 0 Å². The van der Waals surface area contributed by atoms with Crippen LogP contribution in [0.1, 0.15) is 6.42 Å². The largest absolute Gasteiger partial charge is 0.481 e. The summed E-state index contributed by atoms with van der Waals surface area (Å²) >= 11 is 0. The molecule has 1 fully saturated rings. The van der Waals surface area contributed by atoms with Crippen molar-refractivity contribution in [2.24, 2.45) is 0 Å². The second-order valence-electron chi connectivity index (χ2n) is 4.75. The lowest BCUT2D eigenvalue weighted by Gasteiger charge is -2.34. The van der Waals surface area contributed by atoms with Crippen molar-refractivity contribution >= 4 is 22.8 Å². The fraction of sp³-hybridized carbons (Fsp3) is 0.357. The summed E-state index contributed by atoms with van der Waals surface area (Å²) in [5.74, 6) is -0.274. The molecule has 6 nitrogen and oxygen atoms in total. The van der Waals surface area contributed by atoms with Crippen LogP contribution in [-0.4, -0.2) is 46.8 Å². The van der Waals surface area contributed by atoms with Crippen LogP contribution in [0.4, 0.5) is 5.95 Å². The molecule has 1 N–H and O–H groups in total. The van der Waals surface area contributed by atoms with E-state index in [1.54, 1.807) is 6.20 Å². The van der Waals surface area contributed by atoms with Gasteiger partial charge in [-0.3, -0.25) is 4.79 Å². The summed E-state index contributed by atoms with van der Waals surface area (Å²) in [4.78, 5) is 21.7. The smallest absolute Gasteiger partial charge is 0.305 e. The molecule has 1 unspecified atom stereocenters. The number of para-hydroxylation sites is 1. The van der Waals surface area contributed by atoms with E-state index >= 15 is 0 Å². The molecule has 1 aliphatic heterocycles. The third kappa shape index (κ3) is 2.55. The molecule has 3 rings (SSSR count). The third-order valence-electron chi connectivity index (χ3n) is 3.37. The first-order valence-electron chi connectivity index (χ1n) is 6.52. The number of hydrogen-bond acceptors (Lipinski definition) is 5. The van der Waals surface area contributed by atoms with Crippen molar-refractivity contribution in [3.63, 3.8) is 0 Å². The maximum Gasteiger partial charge on any atom is 0.305 e. The van der Waals surface area contributed by atoms with Gasteiger partial charge in [-0.15, -0.1) is 0 Å². The van der Waals surface area contributed by atoms with Gasteiger partial charge < -0.3 is 14.7 Å². The Morgan fingerprint density at radius 1 is 1.45 bits per heavy atom. The van der Waals surface area contributed by atoms with Gasteiger partial charge in [-0.1, -0.05) is 18.2 Å². The Kier molecular flexibility index (Phi) is 3.47. The number of nitrogens with zero attached hydrogens (tertiary/aromatic N) is 3. The molecule has 0 aliphatic carbocycles. The Labute approximate surface area is 116 Å². The summed E-state index contributed by atoms with van der Waals surface area (Å²) < 4.78 is 5.36. The van der Waals surface area contributed by atoms with Crippen molar-refractivity contribution in [2.45, 2.75) is 12.5 Å². The lowest BCUT2D eigenvalue weighted by atomic mass is 10.1. The second-order valence-corrected chi connectivity index (χ2v) is 4.75. The van der Waals surface area contributed by atoms with E-state index in [0.29, 0.717) is 25.7 Å². The molecule has 20 heavy (non-hydrogen) atoms. The fourth-order valence-corrected chi connectivity index (χ4v) is 2.39. The highest BCUT2D eigenvalue weighted by molar-refractivity contribution is 5.78. The predicted molar refractivity (Wildman–Crippen MR) is 73.7 cm³/mol. The van der Waals surface area contributed by atoms with E-state index in [0.717, 1.165) is 10.9 Å². The molecule has 0 amide bonds. The molecule has 1 saturated heterocycles. The number of fused-ring (bicyclic) bond motifs is 1. The van der Waals surface area contributed by atoms with Crippen LogP contribution in [0.3, 0.4) is 0 Å². The van der Waals surface area contributed by atoms with Crippen molar-refractivity contribution in [1.29, 1.82) is 0 Å². The summed E-state index contributed by atoms with van der Waals surface area (Å²) in [7, 11) is 0. The van der Waals surface area contributed by atoms with Crippen molar-refractivity contribution in [3.05, 3.63) is 30.5 Å². The molecule has 0 radical (unpaired) electrons.